The number of phenolic OH excluding ortho intramolecular Hbond substituents is 1. The number of fused-ring (bicyclic) bond motifs is 1. The molecule has 1 aliphatic rings. The summed E-state index contributed by atoms with van der Waals surface area (Å²) >= 11 is 0. The van der Waals surface area contributed by atoms with Crippen LogP contribution >= 0.6 is 0 Å². The van der Waals surface area contributed by atoms with E-state index in [9.17, 15) is 9.50 Å². The van der Waals surface area contributed by atoms with Gasteiger partial charge >= 0.3 is 0 Å². The molecule has 0 amide bonds. The van der Waals surface area contributed by atoms with Crippen molar-refractivity contribution in [2.24, 2.45) is 0 Å². The van der Waals surface area contributed by atoms with Crippen LogP contribution in [0.5, 0.6) is 5.75 Å². The Morgan fingerprint density at radius 1 is 1.50 bits per heavy atom. The summed E-state index contributed by atoms with van der Waals surface area (Å²) in [5.41, 5.74) is 2.23. The molecule has 0 saturated carbocycles. The van der Waals surface area contributed by atoms with Crippen LogP contribution in [0.1, 0.15) is 23.1 Å². The molecule has 0 heterocycles. The van der Waals surface area contributed by atoms with Crippen LogP contribution in [0.2, 0.25) is 0 Å². The van der Waals surface area contributed by atoms with Crippen LogP contribution in [0.4, 0.5) is 4.39 Å². The number of aryl methyl sites for hydroxylation is 1. The van der Waals surface area contributed by atoms with Crippen LogP contribution < -0.4 is 0 Å². The second kappa shape index (κ2) is 2.47. The van der Waals surface area contributed by atoms with Crippen molar-refractivity contribution in [1.82, 2.24) is 0 Å². The standard InChI is InChI=1S/C10H10FO/c1-6-5-7-3-2-4-8(7)9(11)10(6)12/h3,5,12H,2,4H2,1H3. The summed E-state index contributed by atoms with van der Waals surface area (Å²) in [5, 5.41) is 9.28. The molecule has 63 valence electrons. The van der Waals surface area contributed by atoms with Gasteiger partial charge in [0.1, 0.15) is 0 Å². The van der Waals surface area contributed by atoms with Gasteiger partial charge in [-0.05, 0) is 42.9 Å². The lowest BCUT2D eigenvalue weighted by Crippen LogP contribution is -1.91. The largest absolute Gasteiger partial charge is 0.505 e. The number of benzene rings is 1. The fourth-order valence-electron chi connectivity index (χ4n) is 1.64. The molecule has 1 aromatic carbocycles. The molecular weight excluding hydrogens is 155 g/mol. The Morgan fingerprint density at radius 3 is 3.00 bits per heavy atom. The number of rotatable bonds is 0. The Morgan fingerprint density at radius 2 is 2.25 bits per heavy atom. The van der Waals surface area contributed by atoms with Gasteiger partial charge in [-0.1, -0.05) is 6.07 Å². The molecule has 1 nitrogen and oxygen atoms in total. The van der Waals surface area contributed by atoms with Gasteiger partial charge in [0.05, 0.1) is 0 Å². The van der Waals surface area contributed by atoms with E-state index in [4.69, 9.17) is 0 Å². The summed E-state index contributed by atoms with van der Waals surface area (Å²) in [6, 6.07) is 1.83. The third kappa shape index (κ3) is 0.909. The lowest BCUT2D eigenvalue weighted by Gasteiger charge is -2.05. The normalized spacial score (nSPS) is 14.8. The van der Waals surface area contributed by atoms with Crippen molar-refractivity contribution in [3.05, 3.63) is 35.0 Å². The predicted molar refractivity (Wildman–Crippen MR) is 44.5 cm³/mol. The molecular formula is C10H10FO. The van der Waals surface area contributed by atoms with Gasteiger partial charge in [-0.25, -0.2) is 4.39 Å². The minimum absolute atomic E-state index is 0.191. The lowest BCUT2D eigenvalue weighted by atomic mass is 10.1. The summed E-state index contributed by atoms with van der Waals surface area (Å²) in [6.07, 6.45) is 3.61. The van der Waals surface area contributed by atoms with Gasteiger partial charge in [-0.15, -0.1) is 0 Å². The molecule has 12 heavy (non-hydrogen) atoms. The highest BCUT2D eigenvalue weighted by Gasteiger charge is 2.19. The summed E-state index contributed by atoms with van der Waals surface area (Å²) in [4.78, 5) is 0. The quantitative estimate of drug-likeness (QED) is 0.625. The van der Waals surface area contributed by atoms with E-state index in [0.717, 1.165) is 18.4 Å². The molecule has 0 aliphatic heterocycles. The molecule has 0 bridgehead atoms. The number of hydrogen-bond acceptors (Lipinski definition) is 1. The van der Waals surface area contributed by atoms with E-state index >= 15 is 0 Å². The number of phenols is 1. The molecule has 1 radical (unpaired) electrons. The minimum atomic E-state index is -0.432. The average Bonchev–Trinajstić information content (AvgIpc) is 2.48. The highest BCUT2D eigenvalue weighted by atomic mass is 19.1. The van der Waals surface area contributed by atoms with Gasteiger partial charge in [0.2, 0.25) is 0 Å². The average molecular weight is 165 g/mol. The van der Waals surface area contributed by atoms with Crippen LogP contribution in [-0.4, -0.2) is 5.11 Å². The van der Waals surface area contributed by atoms with Crippen LogP contribution in [-0.2, 0) is 6.42 Å². The summed E-state index contributed by atoms with van der Waals surface area (Å²) in [6.45, 7) is 1.71. The number of aromatic hydroxyl groups is 1. The monoisotopic (exact) mass is 165 g/mol. The van der Waals surface area contributed by atoms with E-state index in [0.29, 0.717) is 11.1 Å². The number of hydrogen-bond donors (Lipinski definition) is 1. The van der Waals surface area contributed by atoms with E-state index in [1.165, 1.54) is 0 Å². The first-order chi connectivity index (χ1) is 5.70. The molecule has 0 fully saturated rings. The molecule has 0 saturated heterocycles. The Bertz CT molecular complexity index is 331. The fraction of sp³-hybridized carbons (Fsp3) is 0.300. The van der Waals surface area contributed by atoms with Gasteiger partial charge in [0, 0.05) is 0 Å². The Hall–Kier alpha value is -1.05. The van der Waals surface area contributed by atoms with Crippen molar-refractivity contribution >= 4 is 0 Å². The van der Waals surface area contributed by atoms with Crippen LogP contribution in [0.3, 0.4) is 0 Å². The highest BCUT2D eigenvalue weighted by molar-refractivity contribution is 5.48. The Balaban J connectivity index is 2.67. The van der Waals surface area contributed by atoms with Crippen molar-refractivity contribution < 1.29 is 9.50 Å². The van der Waals surface area contributed by atoms with Crippen molar-refractivity contribution in [2.75, 3.05) is 0 Å². The zero-order valence-corrected chi connectivity index (χ0v) is 6.89. The first-order valence-electron chi connectivity index (χ1n) is 4.04. The fourth-order valence-corrected chi connectivity index (χ4v) is 1.64. The van der Waals surface area contributed by atoms with Gasteiger partial charge in [-0.2, -0.15) is 0 Å². The van der Waals surface area contributed by atoms with Gasteiger partial charge < -0.3 is 5.11 Å². The van der Waals surface area contributed by atoms with Crippen molar-refractivity contribution in [1.29, 1.82) is 0 Å². The summed E-state index contributed by atoms with van der Waals surface area (Å²) in [5.74, 6) is -0.622. The third-order valence-corrected chi connectivity index (χ3v) is 2.33. The zero-order valence-electron chi connectivity index (χ0n) is 6.89. The highest BCUT2D eigenvalue weighted by Crippen LogP contribution is 2.33. The molecule has 0 atom stereocenters. The van der Waals surface area contributed by atoms with E-state index < -0.39 is 5.82 Å². The van der Waals surface area contributed by atoms with Crippen molar-refractivity contribution in [3.8, 4) is 5.75 Å². The van der Waals surface area contributed by atoms with Gasteiger partial charge in [-0.3, -0.25) is 0 Å². The van der Waals surface area contributed by atoms with Gasteiger partial charge in [0.15, 0.2) is 11.6 Å². The van der Waals surface area contributed by atoms with Crippen LogP contribution in [0.25, 0.3) is 0 Å². The maximum atomic E-state index is 13.3. The Kier molecular flexibility index (Phi) is 1.56. The van der Waals surface area contributed by atoms with E-state index in [2.05, 4.69) is 0 Å². The molecule has 0 aromatic heterocycles. The predicted octanol–water partition coefficient (Wildman–Crippen LogP) is 2.34. The maximum Gasteiger partial charge on any atom is 0.168 e. The minimum Gasteiger partial charge on any atom is -0.505 e. The Labute approximate surface area is 70.8 Å². The third-order valence-electron chi connectivity index (χ3n) is 2.33. The van der Waals surface area contributed by atoms with E-state index in [-0.39, 0.29) is 5.75 Å². The summed E-state index contributed by atoms with van der Waals surface area (Å²) < 4.78 is 13.3. The molecule has 2 heteroatoms. The van der Waals surface area contributed by atoms with Crippen molar-refractivity contribution in [2.45, 2.75) is 19.8 Å². The molecule has 1 aliphatic carbocycles. The zero-order chi connectivity index (χ0) is 8.72. The second-order valence-electron chi connectivity index (χ2n) is 3.17. The maximum absolute atomic E-state index is 13.3. The lowest BCUT2D eigenvalue weighted by molar-refractivity contribution is 0.425. The van der Waals surface area contributed by atoms with Crippen LogP contribution in [0.15, 0.2) is 6.07 Å². The first kappa shape index (κ1) is 7.59. The van der Waals surface area contributed by atoms with E-state index in [1.54, 1.807) is 6.92 Å². The van der Waals surface area contributed by atoms with Crippen molar-refractivity contribution in [3.63, 3.8) is 0 Å². The first-order valence-corrected chi connectivity index (χ1v) is 4.04. The van der Waals surface area contributed by atoms with Crippen LogP contribution in [0, 0.1) is 19.2 Å². The molecule has 1 aromatic rings. The van der Waals surface area contributed by atoms with E-state index in [1.807, 2.05) is 12.5 Å². The summed E-state index contributed by atoms with van der Waals surface area (Å²) in [7, 11) is 0. The molecule has 2 rings (SSSR count). The second-order valence-corrected chi connectivity index (χ2v) is 3.17. The molecule has 0 spiro atoms. The number of halogens is 1. The topological polar surface area (TPSA) is 20.2 Å². The molecule has 1 N–H and O–H groups in total. The molecule has 0 unspecified atom stereocenters. The van der Waals surface area contributed by atoms with Gasteiger partial charge in [0.25, 0.3) is 0 Å². The SMILES string of the molecule is Cc1cc2c(c(F)c1O)CC[CH]2. The smallest absolute Gasteiger partial charge is 0.168 e.